The topological polar surface area (TPSA) is 56.1 Å². The average Bonchev–Trinajstić information content (AvgIpc) is 3.03. The van der Waals surface area contributed by atoms with E-state index in [-0.39, 0.29) is 11.9 Å². The number of thioether (sulfide) groups is 1. The van der Waals surface area contributed by atoms with E-state index in [4.69, 9.17) is 9.72 Å². The van der Waals surface area contributed by atoms with E-state index in [0.717, 1.165) is 29.2 Å². The van der Waals surface area contributed by atoms with Crippen LogP contribution in [0.2, 0.25) is 0 Å². The van der Waals surface area contributed by atoms with Crippen molar-refractivity contribution in [1.82, 2.24) is 14.9 Å². The van der Waals surface area contributed by atoms with Gasteiger partial charge in [-0.05, 0) is 31.0 Å². The molecule has 0 bridgehead atoms. The first-order chi connectivity index (χ1) is 13.2. The third-order valence-electron chi connectivity index (χ3n) is 4.24. The Balaban J connectivity index is 1.71. The minimum Gasteiger partial charge on any atom is -0.383 e. The molecule has 27 heavy (non-hydrogen) atoms. The first-order valence-corrected chi connectivity index (χ1v) is 10.1. The molecular weight excluding hydrogens is 358 g/mol. The predicted molar refractivity (Wildman–Crippen MR) is 110 cm³/mol. The molecule has 6 heteroatoms. The molecule has 0 saturated carbocycles. The highest BCUT2D eigenvalue weighted by Gasteiger charge is 2.14. The van der Waals surface area contributed by atoms with Crippen molar-refractivity contribution in [2.24, 2.45) is 0 Å². The van der Waals surface area contributed by atoms with Crippen LogP contribution >= 0.6 is 11.8 Å². The number of benzene rings is 2. The summed E-state index contributed by atoms with van der Waals surface area (Å²) in [7, 11) is 1.63. The van der Waals surface area contributed by atoms with Crippen LogP contribution in [0.15, 0.2) is 59.8 Å². The molecule has 1 amide bonds. The number of ether oxygens (including phenoxy) is 1. The van der Waals surface area contributed by atoms with Crippen molar-refractivity contribution in [1.29, 1.82) is 0 Å². The lowest BCUT2D eigenvalue weighted by Gasteiger charge is -2.13. The van der Waals surface area contributed by atoms with Crippen LogP contribution in [0.1, 0.15) is 12.5 Å². The Bertz CT molecular complexity index is 880. The van der Waals surface area contributed by atoms with E-state index in [9.17, 15) is 4.79 Å². The second-order valence-corrected chi connectivity index (χ2v) is 7.43. The number of imidazole rings is 1. The smallest absolute Gasteiger partial charge is 0.230 e. The molecule has 1 heterocycles. The standard InChI is InChI=1S/C21H25N3O2S/c1-16(14-26-2)22-20(25)15-27-21-23-18-10-6-7-11-19(18)24(21)13-12-17-8-4-3-5-9-17/h3-11,16H,12-15H2,1-2H3,(H,22,25)/t16-/m0/s1. The summed E-state index contributed by atoms with van der Waals surface area (Å²) in [5.41, 5.74) is 3.35. The largest absolute Gasteiger partial charge is 0.383 e. The number of nitrogens with one attached hydrogen (secondary N) is 1. The SMILES string of the molecule is COC[C@H](C)NC(=O)CSc1nc2ccccc2n1CCc1ccccc1. The minimum absolute atomic E-state index is 0.00000209. The Labute approximate surface area is 164 Å². The van der Waals surface area contributed by atoms with Gasteiger partial charge in [-0.25, -0.2) is 4.98 Å². The molecule has 3 aromatic rings. The van der Waals surface area contributed by atoms with Crippen molar-refractivity contribution in [2.75, 3.05) is 19.5 Å². The molecule has 0 radical (unpaired) electrons. The third-order valence-corrected chi connectivity index (χ3v) is 5.22. The van der Waals surface area contributed by atoms with E-state index >= 15 is 0 Å². The second kappa shape index (κ2) is 9.58. The lowest BCUT2D eigenvalue weighted by atomic mass is 10.1. The van der Waals surface area contributed by atoms with Gasteiger partial charge in [0.05, 0.1) is 23.4 Å². The first-order valence-electron chi connectivity index (χ1n) is 9.07. The summed E-state index contributed by atoms with van der Waals surface area (Å²) in [6.07, 6.45) is 0.922. The van der Waals surface area contributed by atoms with Crippen LogP contribution in [0, 0.1) is 0 Å². The average molecular weight is 384 g/mol. The Morgan fingerprint density at radius 2 is 1.93 bits per heavy atom. The molecule has 0 saturated heterocycles. The number of para-hydroxylation sites is 2. The molecule has 1 atom stereocenters. The zero-order chi connectivity index (χ0) is 19.1. The van der Waals surface area contributed by atoms with Gasteiger partial charge in [0.25, 0.3) is 0 Å². The number of carbonyl (C=O) groups excluding carboxylic acids is 1. The summed E-state index contributed by atoms with van der Waals surface area (Å²) < 4.78 is 7.27. The van der Waals surface area contributed by atoms with Gasteiger partial charge in [-0.15, -0.1) is 0 Å². The van der Waals surface area contributed by atoms with E-state index < -0.39 is 0 Å². The summed E-state index contributed by atoms with van der Waals surface area (Å²) in [4.78, 5) is 16.9. The number of amides is 1. The van der Waals surface area contributed by atoms with E-state index in [0.29, 0.717) is 12.4 Å². The molecule has 2 aromatic carbocycles. The highest BCUT2D eigenvalue weighted by molar-refractivity contribution is 7.99. The van der Waals surface area contributed by atoms with Crippen molar-refractivity contribution >= 4 is 28.7 Å². The van der Waals surface area contributed by atoms with Crippen molar-refractivity contribution in [3.63, 3.8) is 0 Å². The molecule has 0 aliphatic rings. The molecule has 0 fully saturated rings. The summed E-state index contributed by atoms with van der Waals surface area (Å²) in [6, 6.07) is 18.5. The van der Waals surface area contributed by atoms with E-state index in [1.54, 1.807) is 7.11 Å². The van der Waals surface area contributed by atoms with Gasteiger partial charge in [-0.3, -0.25) is 4.79 Å². The summed E-state index contributed by atoms with van der Waals surface area (Å²) >= 11 is 1.48. The molecule has 0 aliphatic heterocycles. The van der Waals surface area contributed by atoms with Crippen LogP contribution in [0.3, 0.4) is 0 Å². The second-order valence-electron chi connectivity index (χ2n) is 6.48. The fraction of sp³-hybridized carbons (Fsp3) is 0.333. The van der Waals surface area contributed by atoms with Crippen LogP contribution in [0.25, 0.3) is 11.0 Å². The van der Waals surface area contributed by atoms with E-state index in [1.807, 2.05) is 31.2 Å². The molecule has 1 aromatic heterocycles. The number of hydrogen-bond acceptors (Lipinski definition) is 4. The quantitative estimate of drug-likeness (QED) is 0.575. The predicted octanol–water partition coefficient (Wildman–Crippen LogP) is 3.52. The number of fused-ring (bicyclic) bond motifs is 1. The van der Waals surface area contributed by atoms with Crippen LogP contribution in [-0.4, -0.2) is 41.0 Å². The Hall–Kier alpha value is -2.31. The molecule has 1 N–H and O–H groups in total. The number of rotatable bonds is 9. The van der Waals surface area contributed by atoms with Gasteiger partial charge in [-0.1, -0.05) is 54.2 Å². The lowest BCUT2D eigenvalue weighted by molar-refractivity contribution is -0.119. The zero-order valence-corrected chi connectivity index (χ0v) is 16.5. The maximum atomic E-state index is 12.2. The first kappa shape index (κ1) is 19.5. The summed E-state index contributed by atoms with van der Waals surface area (Å²) in [6.45, 7) is 3.27. The van der Waals surface area contributed by atoms with Gasteiger partial charge in [0.2, 0.25) is 5.91 Å². The fourth-order valence-electron chi connectivity index (χ4n) is 3.00. The van der Waals surface area contributed by atoms with Crippen molar-refractivity contribution in [3.8, 4) is 0 Å². The van der Waals surface area contributed by atoms with Crippen LogP contribution in [-0.2, 0) is 22.5 Å². The molecule has 0 aliphatic carbocycles. The lowest BCUT2D eigenvalue weighted by Crippen LogP contribution is -2.36. The van der Waals surface area contributed by atoms with Crippen molar-refractivity contribution in [3.05, 3.63) is 60.2 Å². The number of carbonyl (C=O) groups is 1. The number of aromatic nitrogens is 2. The van der Waals surface area contributed by atoms with Crippen LogP contribution in [0.5, 0.6) is 0 Å². The third kappa shape index (κ3) is 5.34. The van der Waals surface area contributed by atoms with Gasteiger partial charge >= 0.3 is 0 Å². The van der Waals surface area contributed by atoms with E-state index in [2.05, 4.69) is 40.2 Å². The van der Waals surface area contributed by atoms with E-state index in [1.165, 1.54) is 17.3 Å². The van der Waals surface area contributed by atoms with Gasteiger partial charge in [0.1, 0.15) is 0 Å². The maximum absolute atomic E-state index is 12.2. The van der Waals surface area contributed by atoms with Gasteiger partial charge in [0, 0.05) is 19.7 Å². The Morgan fingerprint density at radius 3 is 2.70 bits per heavy atom. The Morgan fingerprint density at radius 1 is 1.19 bits per heavy atom. The molecule has 3 rings (SSSR count). The zero-order valence-electron chi connectivity index (χ0n) is 15.7. The van der Waals surface area contributed by atoms with Gasteiger partial charge < -0.3 is 14.6 Å². The van der Waals surface area contributed by atoms with Gasteiger partial charge in [-0.2, -0.15) is 0 Å². The van der Waals surface area contributed by atoms with Crippen molar-refractivity contribution < 1.29 is 9.53 Å². The maximum Gasteiger partial charge on any atom is 0.230 e. The molecule has 5 nitrogen and oxygen atoms in total. The molecular formula is C21H25N3O2S. The van der Waals surface area contributed by atoms with Crippen LogP contribution < -0.4 is 5.32 Å². The normalized spacial score (nSPS) is 12.2. The number of hydrogen-bond donors (Lipinski definition) is 1. The summed E-state index contributed by atoms with van der Waals surface area (Å²) in [5.74, 6) is 0.328. The molecule has 0 unspecified atom stereocenters. The monoisotopic (exact) mass is 383 g/mol. The highest BCUT2D eigenvalue weighted by atomic mass is 32.2. The van der Waals surface area contributed by atoms with Gasteiger partial charge in [0.15, 0.2) is 5.16 Å². The number of nitrogens with zero attached hydrogens (tertiary/aromatic N) is 2. The number of aryl methyl sites for hydroxylation is 2. The molecule has 142 valence electrons. The highest BCUT2D eigenvalue weighted by Crippen LogP contribution is 2.24. The van der Waals surface area contributed by atoms with Crippen LogP contribution in [0.4, 0.5) is 0 Å². The number of methoxy groups -OCH3 is 1. The Kier molecular flexibility index (Phi) is 6.90. The summed E-state index contributed by atoms with van der Waals surface area (Å²) in [5, 5.41) is 3.82. The fourth-order valence-corrected chi connectivity index (χ4v) is 3.86. The minimum atomic E-state index is -0.00813. The van der Waals surface area contributed by atoms with Crippen molar-refractivity contribution in [2.45, 2.75) is 31.1 Å². The molecule has 0 spiro atoms.